The van der Waals surface area contributed by atoms with Crippen LogP contribution in [0, 0.1) is 11.8 Å². The first-order chi connectivity index (χ1) is 12.5. The molecule has 1 aliphatic carbocycles. The van der Waals surface area contributed by atoms with Crippen LogP contribution in [0.3, 0.4) is 0 Å². The molecule has 1 aliphatic heterocycles. The van der Waals surface area contributed by atoms with Gasteiger partial charge in [-0.1, -0.05) is 38.1 Å². The van der Waals surface area contributed by atoms with Crippen molar-refractivity contribution in [1.82, 2.24) is 4.90 Å². The van der Waals surface area contributed by atoms with E-state index in [0.717, 1.165) is 17.8 Å². The summed E-state index contributed by atoms with van der Waals surface area (Å²) in [4.78, 5) is 2.63. The summed E-state index contributed by atoms with van der Waals surface area (Å²) < 4.78 is 27.7. The van der Waals surface area contributed by atoms with Crippen LogP contribution < -0.4 is 0 Å². The molecule has 1 aromatic carbocycles. The van der Waals surface area contributed by atoms with Gasteiger partial charge in [0.25, 0.3) is 0 Å². The minimum absolute atomic E-state index is 0.316. The zero-order valence-electron chi connectivity index (χ0n) is 15.3. The second-order valence-corrected chi connectivity index (χ2v) is 8.28. The Morgan fingerprint density at radius 1 is 1.23 bits per heavy atom. The van der Waals surface area contributed by atoms with Crippen LogP contribution in [0.2, 0.25) is 0 Å². The summed E-state index contributed by atoms with van der Waals surface area (Å²) in [6.07, 6.45) is 7.18. The van der Waals surface area contributed by atoms with E-state index in [1.54, 1.807) is 24.3 Å². The summed E-state index contributed by atoms with van der Waals surface area (Å²) in [6.45, 7) is 11.7. The highest BCUT2D eigenvalue weighted by atomic mass is 32.2. The Kier molecular flexibility index (Phi) is 5.87. The molecule has 0 N–H and O–H groups in total. The van der Waals surface area contributed by atoms with Gasteiger partial charge in [0.05, 0.1) is 4.90 Å². The first-order valence-electron chi connectivity index (χ1n) is 9.15. The summed E-state index contributed by atoms with van der Waals surface area (Å²) >= 11 is 0. The molecular weight excluding hydrogens is 346 g/mol. The van der Waals surface area contributed by atoms with Gasteiger partial charge >= 0.3 is 0 Å². The molecular formula is C21H27NO3S. The molecule has 140 valence electrons. The second kappa shape index (κ2) is 8.12. The minimum Gasteiger partial charge on any atom is -0.489 e. The fourth-order valence-electron chi connectivity index (χ4n) is 4.01. The molecule has 0 aromatic heterocycles. The van der Waals surface area contributed by atoms with Gasteiger partial charge in [-0.3, -0.25) is 0 Å². The Bertz CT molecular complexity index is 784. The molecule has 5 heteroatoms. The molecule has 1 aromatic rings. The molecule has 26 heavy (non-hydrogen) atoms. The topological polar surface area (TPSA) is 46.6 Å². The Morgan fingerprint density at radius 3 is 2.58 bits per heavy atom. The van der Waals surface area contributed by atoms with Crippen molar-refractivity contribution in [1.29, 1.82) is 0 Å². The van der Waals surface area contributed by atoms with Gasteiger partial charge in [-0.2, -0.15) is 0 Å². The third-order valence-electron chi connectivity index (χ3n) is 5.36. The second-order valence-electron chi connectivity index (χ2n) is 7.24. The number of nitrogens with zero attached hydrogens (tertiary/aromatic N) is 1. The van der Waals surface area contributed by atoms with E-state index >= 15 is 0 Å². The fourth-order valence-corrected chi connectivity index (χ4v) is 4.41. The average Bonchev–Trinajstić information content (AvgIpc) is 2.99. The largest absolute Gasteiger partial charge is 0.489 e. The Labute approximate surface area is 157 Å². The normalized spacial score (nSPS) is 23.9. The van der Waals surface area contributed by atoms with Crippen molar-refractivity contribution in [3.63, 3.8) is 0 Å². The van der Waals surface area contributed by atoms with Crippen molar-refractivity contribution in [2.75, 3.05) is 6.54 Å². The summed E-state index contributed by atoms with van der Waals surface area (Å²) in [6, 6.07) is 6.73. The molecule has 2 aliphatic rings. The van der Waals surface area contributed by atoms with Crippen LogP contribution in [0.4, 0.5) is 0 Å². The Balaban J connectivity index is 1.67. The highest BCUT2D eigenvalue weighted by Crippen LogP contribution is 2.44. The maximum absolute atomic E-state index is 10.9. The van der Waals surface area contributed by atoms with Gasteiger partial charge < -0.3 is 9.64 Å². The fraction of sp³-hybridized carbons (Fsp3) is 0.429. The van der Waals surface area contributed by atoms with Crippen LogP contribution in [0.25, 0.3) is 0 Å². The predicted octanol–water partition coefficient (Wildman–Crippen LogP) is 4.23. The smallest absolute Gasteiger partial charge is 0.168 e. The zero-order valence-corrected chi connectivity index (χ0v) is 16.2. The van der Waals surface area contributed by atoms with Gasteiger partial charge in [0.2, 0.25) is 0 Å². The van der Waals surface area contributed by atoms with Crippen LogP contribution in [0.5, 0.6) is 0 Å². The molecule has 1 saturated heterocycles. The van der Waals surface area contributed by atoms with E-state index in [1.165, 1.54) is 31.4 Å². The van der Waals surface area contributed by atoms with Gasteiger partial charge in [0.15, 0.2) is 10.7 Å². The predicted molar refractivity (Wildman–Crippen MR) is 104 cm³/mol. The monoisotopic (exact) mass is 373 g/mol. The molecule has 0 spiro atoms. The van der Waals surface area contributed by atoms with Crippen molar-refractivity contribution in [2.24, 2.45) is 11.8 Å². The van der Waals surface area contributed by atoms with Gasteiger partial charge in [0, 0.05) is 23.9 Å². The van der Waals surface area contributed by atoms with Crippen LogP contribution in [0.1, 0.15) is 38.2 Å². The Hall–Kier alpha value is -2.01. The number of ether oxygens (including phenoxy) is 1. The molecule has 0 amide bonds. The van der Waals surface area contributed by atoms with Crippen molar-refractivity contribution in [3.8, 4) is 0 Å². The number of benzene rings is 1. The van der Waals surface area contributed by atoms with E-state index in [4.69, 9.17) is 4.74 Å². The van der Waals surface area contributed by atoms with Crippen molar-refractivity contribution < 1.29 is 13.2 Å². The molecule has 4 nitrogen and oxygen atoms in total. The zero-order chi connectivity index (χ0) is 18.7. The lowest BCUT2D eigenvalue weighted by molar-refractivity contribution is 0.211. The SMILES string of the molecule is C=C(/C=C1/C2CCCCC2CN1C(=C)C)OCc1ccc([SH](=O)=O)cc1. The standard InChI is InChI=1S/C21H27NO3S/c1-15(2)22-13-18-6-4-5-7-20(18)21(22)12-16(3)25-14-17-8-10-19(11-9-17)26(23)24/h8-12,18,20,26H,1,3-7,13-14H2,2H3/b21-12-. The van der Waals surface area contributed by atoms with Gasteiger partial charge in [-0.15, -0.1) is 0 Å². The van der Waals surface area contributed by atoms with Gasteiger partial charge in [0.1, 0.15) is 12.4 Å². The van der Waals surface area contributed by atoms with Crippen LogP contribution in [0.15, 0.2) is 65.5 Å². The highest BCUT2D eigenvalue weighted by molar-refractivity contribution is 7.72. The molecule has 0 radical (unpaired) electrons. The molecule has 2 fully saturated rings. The van der Waals surface area contributed by atoms with Crippen LogP contribution in [-0.4, -0.2) is 19.9 Å². The van der Waals surface area contributed by atoms with E-state index in [2.05, 4.69) is 31.1 Å². The van der Waals surface area contributed by atoms with Crippen LogP contribution in [-0.2, 0) is 22.0 Å². The lowest BCUT2D eigenvalue weighted by Gasteiger charge is -2.25. The maximum atomic E-state index is 10.9. The number of hydrogen-bond acceptors (Lipinski definition) is 4. The molecule has 0 bridgehead atoms. The lowest BCUT2D eigenvalue weighted by Crippen LogP contribution is -2.16. The van der Waals surface area contributed by atoms with E-state index < -0.39 is 10.7 Å². The summed E-state index contributed by atoms with van der Waals surface area (Å²) in [5.74, 6) is 1.92. The number of allylic oxidation sites excluding steroid dienone is 3. The maximum Gasteiger partial charge on any atom is 0.168 e. The minimum atomic E-state index is -2.54. The van der Waals surface area contributed by atoms with Gasteiger partial charge in [-0.05, 0) is 49.5 Å². The molecule has 3 rings (SSSR count). The first kappa shape index (κ1) is 18.8. The third kappa shape index (κ3) is 4.21. The molecule has 2 unspecified atom stereocenters. The average molecular weight is 374 g/mol. The van der Waals surface area contributed by atoms with Crippen LogP contribution >= 0.6 is 0 Å². The molecule has 2 atom stereocenters. The van der Waals surface area contributed by atoms with E-state index in [-0.39, 0.29) is 0 Å². The van der Waals surface area contributed by atoms with E-state index in [1.807, 2.05) is 0 Å². The number of likely N-dealkylation sites (tertiary alicyclic amines) is 1. The summed E-state index contributed by atoms with van der Waals surface area (Å²) in [7, 11) is -2.54. The van der Waals surface area contributed by atoms with Crippen molar-refractivity contribution >= 4 is 10.7 Å². The first-order valence-corrected chi connectivity index (χ1v) is 10.3. The van der Waals surface area contributed by atoms with E-state index in [9.17, 15) is 8.42 Å². The summed E-state index contributed by atoms with van der Waals surface area (Å²) in [5.41, 5.74) is 3.27. The lowest BCUT2D eigenvalue weighted by atomic mass is 9.80. The third-order valence-corrected chi connectivity index (χ3v) is 6.08. The number of hydrogen-bond donors (Lipinski definition) is 1. The van der Waals surface area contributed by atoms with E-state index in [0.29, 0.717) is 29.1 Å². The number of thiol groups is 1. The molecule has 1 heterocycles. The molecule has 1 saturated carbocycles. The van der Waals surface area contributed by atoms with Gasteiger partial charge in [-0.25, -0.2) is 8.42 Å². The highest BCUT2D eigenvalue weighted by Gasteiger charge is 2.38. The quantitative estimate of drug-likeness (QED) is 0.599. The van der Waals surface area contributed by atoms with Crippen molar-refractivity contribution in [3.05, 3.63) is 66.2 Å². The summed E-state index contributed by atoms with van der Waals surface area (Å²) in [5, 5.41) is 0. The Morgan fingerprint density at radius 2 is 1.92 bits per heavy atom. The van der Waals surface area contributed by atoms with Crippen molar-refractivity contribution in [2.45, 2.75) is 44.1 Å². The number of fused-ring (bicyclic) bond motifs is 1. The number of rotatable bonds is 6.